The molecule has 1 rings (SSSR count). The molecular weight excluding hydrogens is 162 g/mol. The summed E-state index contributed by atoms with van der Waals surface area (Å²) >= 11 is 0. The van der Waals surface area contributed by atoms with Crippen LogP contribution in [0.3, 0.4) is 0 Å². The molecule has 0 radical (unpaired) electrons. The zero-order chi connectivity index (χ0) is 9.68. The van der Waals surface area contributed by atoms with Gasteiger partial charge in [-0.1, -0.05) is 19.3 Å². The Hall–Kier alpha value is -0.0800. The van der Waals surface area contributed by atoms with Crippen LogP contribution in [0.5, 0.6) is 0 Å². The summed E-state index contributed by atoms with van der Waals surface area (Å²) in [6.45, 7) is 4.25. The molecule has 1 aliphatic rings. The third kappa shape index (κ3) is 3.65. The first-order valence-electron chi connectivity index (χ1n) is 5.56. The Bertz CT molecular complexity index is 136. The van der Waals surface area contributed by atoms with Crippen LogP contribution in [0.1, 0.15) is 46.0 Å². The van der Waals surface area contributed by atoms with E-state index in [0.717, 1.165) is 0 Å². The van der Waals surface area contributed by atoms with Crippen molar-refractivity contribution in [2.24, 2.45) is 0 Å². The molecule has 2 heteroatoms. The van der Waals surface area contributed by atoms with E-state index < -0.39 is 0 Å². The molecule has 13 heavy (non-hydrogen) atoms. The molecule has 0 aromatic heterocycles. The van der Waals surface area contributed by atoms with Gasteiger partial charge in [0.1, 0.15) is 0 Å². The summed E-state index contributed by atoms with van der Waals surface area (Å²) in [5.41, 5.74) is 0. The number of ether oxygens (including phenoxy) is 1. The summed E-state index contributed by atoms with van der Waals surface area (Å²) in [6, 6.07) is 0.574. The number of rotatable bonds is 3. The molecule has 0 bridgehead atoms. The lowest BCUT2D eigenvalue weighted by Crippen LogP contribution is -2.39. The van der Waals surface area contributed by atoms with Crippen molar-refractivity contribution in [2.75, 3.05) is 7.05 Å². The van der Waals surface area contributed by atoms with E-state index in [9.17, 15) is 0 Å². The van der Waals surface area contributed by atoms with Crippen LogP contribution in [-0.2, 0) is 4.74 Å². The minimum Gasteiger partial charge on any atom is -0.374 e. The fraction of sp³-hybridized carbons (Fsp3) is 1.00. The fourth-order valence-corrected chi connectivity index (χ4v) is 2.12. The van der Waals surface area contributed by atoms with Crippen LogP contribution in [-0.4, -0.2) is 25.3 Å². The van der Waals surface area contributed by atoms with Crippen molar-refractivity contribution in [3.8, 4) is 0 Å². The minimum absolute atomic E-state index is 0.360. The maximum atomic E-state index is 5.91. The van der Waals surface area contributed by atoms with Crippen LogP contribution < -0.4 is 5.32 Å². The van der Waals surface area contributed by atoms with Crippen molar-refractivity contribution in [2.45, 2.75) is 64.2 Å². The molecular formula is C11H23NO. The molecule has 1 fully saturated rings. The number of hydrogen-bond donors (Lipinski definition) is 1. The van der Waals surface area contributed by atoms with Gasteiger partial charge in [0.2, 0.25) is 0 Å². The van der Waals surface area contributed by atoms with Crippen molar-refractivity contribution >= 4 is 0 Å². The van der Waals surface area contributed by atoms with Gasteiger partial charge in [-0.05, 0) is 33.7 Å². The second kappa shape index (κ2) is 5.61. The second-order valence-electron chi connectivity index (χ2n) is 4.26. The summed E-state index contributed by atoms with van der Waals surface area (Å²) in [5.74, 6) is 0. The van der Waals surface area contributed by atoms with E-state index in [1.165, 1.54) is 32.1 Å². The van der Waals surface area contributed by atoms with Gasteiger partial charge in [-0.2, -0.15) is 0 Å². The third-order valence-electron chi connectivity index (χ3n) is 2.77. The maximum absolute atomic E-state index is 5.91. The summed E-state index contributed by atoms with van der Waals surface area (Å²) < 4.78 is 5.91. The van der Waals surface area contributed by atoms with Gasteiger partial charge in [-0.3, -0.25) is 0 Å². The first-order chi connectivity index (χ1) is 6.24. The molecule has 1 saturated carbocycles. The molecule has 1 aliphatic carbocycles. The summed E-state index contributed by atoms with van der Waals surface area (Å²) in [4.78, 5) is 0. The highest BCUT2D eigenvalue weighted by Crippen LogP contribution is 2.21. The fourth-order valence-electron chi connectivity index (χ4n) is 2.12. The molecule has 0 spiro atoms. The molecule has 0 aromatic rings. The molecule has 78 valence electrons. The van der Waals surface area contributed by atoms with Crippen LogP contribution in [0.15, 0.2) is 0 Å². The van der Waals surface area contributed by atoms with E-state index >= 15 is 0 Å². The van der Waals surface area contributed by atoms with Gasteiger partial charge in [-0.15, -0.1) is 0 Å². The summed E-state index contributed by atoms with van der Waals surface area (Å²) in [6.07, 6.45) is 7.35. The molecule has 1 N–H and O–H groups in total. The van der Waals surface area contributed by atoms with Crippen molar-refractivity contribution in [3.05, 3.63) is 0 Å². The number of hydrogen-bond acceptors (Lipinski definition) is 2. The van der Waals surface area contributed by atoms with E-state index in [0.29, 0.717) is 18.2 Å². The van der Waals surface area contributed by atoms with E-state index in [4.69, 9.17) is 4.74 Å². The Kier molecular flexibility index (Phi) is 4.74. The molecule has 2 atom stereocenters. The molecule has 0 unspecified atom stereocenters. The van der Waals surface area contributed by atoms with Crippen LogP contribution >= 0.6 is 0 Å². The number of nitrogens with one attached hydrogen (secondary N) is 1. The van der Waals surface area contributed by atoms with Gasteiger partial charge in [0.15, 0.2) is 0 Å². The van der Waals surface area contributed by atoms with Gasteiger partial charge in [-0.25, -0.2) is 0 Å². The average Bonchev–Trinajstić information content (AvgIpc) is 2.28. The topological polar surface area (TPSA) is 21.3 Å². The van der Waals surface area contributed by atoms with E-state index in [2.05, 4.69) is 19.2 Å². The highest BCUT2D eigenvalue weighted by Gasteiger charge is 2.23. The first kappa shape index (κ1) is 11.0. The van der Waals surface area contributed by atoms with E-state index in [1.54, 1.807) is 0 Å². The van der Waals surface area contributed by atoms with E-state index in [-0.39, 0.29) is 0 Å². The Morgan fingerprint density at radius 3 is 2.46 bits per heavy atom. The Morgan fingerprint density at radius 1 is 1.15 bits per heavy atom. The van der Waals surface area contributed by atoms with Gasteiger partial charge in [0.05, 0.1) is 12.2 Å². The van der Waals surface area contributed by atoms with Crippen LogP contribution in [0.2, 0.25) is 0 Å². The van der Waals surface area contributed by atoms with Gasteiger partial charge < -0.3 is 10.1 Å². The third-order valence-corrected chi connectivity index (χ3v) is 2.77. The molecule has 0 aromatic carbocycles. The van der Waals surface area contributed by atoms with Crippen LogP contribution in [0, 0.1) is 0 Å². The maximum Gasteiger partial charge on any atom is 0.0731 e. The Morgan fingerprint density at radius 2 is 1.85 bits per heavy atom. The lowest BCUT2D eigenvalue weighted by molar-refractivity contribution is -0.0157. The molecule has 0 heterocycles. The second-order valence-corrected chi connectivity index (χ2v) is 4.26. The predicted molar refractivity (Wildman–Crippen MR) is 55.9 cm³/mol. The van der Waals surface area contributed by atoms with Gasteiger partial charge in [0, 0.05) is 6.04 Å². The van der Waals surface area contributed by atoms with Gasteiger partial charge >= 0.3 is 0 Å². The number of likely N-dealkylation sites (N-methyl/N-ethyl adjacent to an activating group) is 1. The Balaban J connectivity index is 2.44. The monoisotopic (exact) mass is 185 g/mol. The summed E-state index contributed by atoms with van der Waals surface area (Å²) in [5, 5.41) is 3.37. The first-order valence-corrected chi connectivity index (χ1v) is 5.56. The quantitative estimate of drug-likeness (QED) is 0.681. The van der Waals surface area contributed by atoms with Crippen molar-refractivity contribution in [1.82, 2.24) is 5.32 Å². The average molecular weight is 185 g/mol. The highest BCUT2D eigenvalue weighted by molar-refractivity contribution is 4.79. The lowest BCUT2D eigenvalue weighted by atomic mass is 10.1. The standard InChI is InChI=1S/C11H23NO/c1-9(2)13-11-8-6-4-5-7-10(11)12-3/h9-12H,4-8H2,1-3H3/t10-,11+/m0/s1. The van der Waals surface area contributed by atoms with Crippen molar-refractivity contribution < 1.29 is 4.74 Å². The van der Waals surface area contributed by atoms with Crippen LogP contribution in [0.25, 0.3) is 0 Å². The summed E-state index contributed by atoms with van der Waals surface area (Å²) in [7, 11) is 2.05. The van der Waals surface area contributed by atoms with E-state index in [1.807, 2.05) is 7.05 Å². The SMILES string of the molecule is CN[C@H]1CCCCC[C@H]1OC(C)C. The smallest absolute Gasteiger partial charge is 0.0731 e. The Labute approximate surface area is 82.0 Å². The minimum atomic E-state index is 0.360. The van der Waals surface area contributed by atoms with Gasteiger partial charge in [0.25, 0.3) is 0 Å². The highest BCUT2D eigenvalue weighted by atomic mass is 16.5. The van der Waals surface area contributed by atoms with Crippen molar-refractivity contribution in [1.29, 1.82) is 0 Å². The van der Waals surface area contributed by atoms with Crippen LogP contribution in [0.4, 0.5) is 0 Å². The molecule has 0 aliphatic heterocycles. The molecule has 2 nitrogen and oxygen atoms in total. The largest absolute Gasteiger partial charge is 0.374 e. The molecule has 0 saturated heterocycles. The normalized spacial score (nSPS) is 30.5. The zero-order valence-corrected chi connectivity index (χ0v) is 9.18. The van der Waals surface area contributed by atoms with Crippen molar-refractivity contribution in [3.63, 3.8) is 0 Å². The predicted octanol–water partition coefficient (Wildman–Crippen LogP) is 2.33. The zero-order valence-electron chi connectivity index (χ0n) is 9.18. The molecule has 0 amide bonds. The lowest BCUT2D eigenvalue weighted by Gasteiger charge is -2.26.